The fraction of sp³-hybridized carbons (Fsp3) is 0.240. The Bertz CT molecular complexity index is 1300. The van der Waals surface area contributed by atoms with Gasteiger partial charge in [0.15, 0.2) is 5.82 Å². The Morgan fingerprint density at radius 3 is 2.69 bits per heavy atom. The summed E-state index contributed by atoms with van der Waals surface area (Å²) in [4.78, 5) is 25.2. The van der Waals surface area contributed by atoms with E-state index in [0.29, 0.717) is 17.9 Å². The summed E-state index contributed by atoms with van der Waals surface area (Å²) < 4.78 is 0. The van der Waals surface area contributed by atoms with Gasteiger partial charge in [0.25, 0.3) is 5.91 Å². The average molecular weight is 427 g/mol. The molecule has 32 heavy (non-hydrogen) atoms. The molecule has 0 atom stereocenters. The van der Waals surface area contributed by atoms with Crippen molar-refractivity contribution in [1.82, 2.24) is 20.3 Å². The maximum absolute atomic E-state index is 11.9. The normalized spacial score (nSPS) is 13.5. The number of benzene rings is 2. The monoisotopic (exact) mass is 426 g/mol. The van der Waals surface area contributed by atoms with Crippen molar-refractivity contribution < 1.29 is 4.79 Å². The minimum absolute atomic E-state index is 0.456. The number of amides is 1. The fourth-order valence-corrected chi connectivity index (χ4v) is 4.43. The second kappa shape index (κ2) is 8.43. The van der Waals surface area contributed by atoms with Crippen LogP contribution in [-0.2, 0) is 19.4 Å². The van der Waals surface area contributed by atoms with E-state index in [1.807, 2.05) is 37.3 Å². The summed E-state index contributed by atoms with van der Waals surface area (Å²) in [5, 5.41) is 7.91. The average Bonchev–Trinajstić information content (AvgIpc) is 2.96. The quantitative estimate of drug-likeness (QED) is 0.391. The number of aryl methyl sites for hydroxylation is 1. The van der Waals surface area contributed by atoms with Crippen molar-refractivity contribution in [2.24, 2.45) is 5.73 Å². The van der Waals surface area contributed by atoms with E-state index in [1.165, 1.54) is 11.1 Å². The molecule has 5 rings (SSSR count). The number of nitrogens with one attached hydrogen (secondary N) is 3. The maximum Gasteiger partial charge on any atom is 0.250 e. The minimum Gasteiger partial charge on any atom is -0.366 e. The number of H-pyrrole nitrogens is 1. The number of fused-ring (bicyclic) bond motifs is 2. The summed E-state index contributed by atoms with van der Waals surface area (Å²) in [5.74, 6) is 1.08. The number of nitrogens with zero attached hydrogens (tertiary/aromatic N) is 2. The number of rotatable bonds is 5. The Hall–Kier alpha value is -3.71. The van der Waals surface area contributed by atoms with Gasteiger partial charge in [-0.05, 0) is 31.5 Å². The number of primary amides is 1. The van der Waals surface area contributed by atoms with E-state index in [1.54, 1.807) is 6.07 Å². The molecular formula is C25H26N6O. The summed E-state index contributed by atoms with van der Waals surface area (Å²) in [6.07, 6.45) is 1.73. The molecule has 0 radical (unpaired) electrons. The number of hydrogen-bond acceptors (Lipinski definition) is 5. The number of carbonyl (C=O) groups is 1. The standard InChI is InChI=1S/C25H26N6O/c1-15-21(18-8-5-9-19(23(26)32)22(18)29-15)25-30-20-11-13-27-12-10-17(20)24(31-25)28-14-16-6-3-2-4-7-16/h2-9,27,29H,10-14H2,1H3,(H2,26,32)(H,28,30,31). The van der Waals surface area contributed by atoms with E-state index in [0.717, 1.165) is 59.6 Å². The molecule has 0 fully saturated rings. The van der Waals surface area contributed by atoms with Crippen LogP contribution in [0.3, 0.4) is 0 Å². The molecule has 2 aromatic heterocycles. The lowest BCUT2D eigenvalue weighted by atomic mass is 10.0. The topological polar surface area (TPSA) is 109 Å². The van der Waals surface area contributed by atoms with Crippen LogP contribution in [0.2, 0.25) is 0 Å². The van der Waals surface area contributed by atoms with Crippen molar-refractivity contribution in [2.75, 3.05) is 18.4 Å². The molecule has 7 nitrogen and oxygen atoms in total. The smallest absolute Gasteiger partial charge is 0.250 e. The summed E-state index contributed by atoms with van der Waals surface area (Å²) >= 11 is 0. The zero-order valence-electron chi connectivity index (χ0n) is 18.0. The highest BCUT2D eigenvalue weighted by molar-refractivity contribution is 6.09. The number of hydrogen-bond donors (Lipinski definition) is 4. The lowest BCUT2D eigenvalue weighted by molar-refractivity contribution is 0.100. The Labute approximate surface area is 186 Å². The molecule has 4 aromatic rings. The molecule has 0 saturated carbocycles. The molecule has 1 aliphatic rings. The van der Waals surface area contributed by atoms with Gasteiger partial charge in [-0.1, -0.05) is 42.5 Å². The number of aromatic amines is 1. The van der Waals surface area contributed by atoms with Gasteiger partial charge in [-0.15, -0.1) is 0 Å². The van der Waals surface area contributed by atoms with Crippen LogP contribution in [-0.4, -0.2) is 33.9 Å². The van der Waals surface area contributed by atoms with Crippen molar-refractivity contribution in [1.29, 1.82) is 0 Å². The van der Waals surface area contributed by atoms with Gasteiger partial charge in [0, 0.05) is 41.7 Å². The molecule has 0 saturated heterocycles. The molecule has 1 amide bonds. The highest BCUT2D eigenvalue weighted by atomic mass is 16.1. The number of para-hydroxylation sites is 1. The first-order valence-electron chi connectivity index (χ1n) is 10.9. The lowest BCUT2D eigenvalue weighted by Crippen LogP contribution is -2.16. The highest BCUT2D eigenvalue weighted by Gasteiger charge is 2.21. The molecule has 1 aliphatic heterocycles. The van der Waals surface area contributed by atoms with Gasteiger partial charge in [-0.2, -0.15) is 0 Å². The van der Waals surface area contributed by atoms with Crippen LogP contribution in [0.15, 0.2) is 48.5 Å². The largest absolute Gasteiger partial charge is 0.366 e. The van der Waals surface area contributed by atoms with Crippen LogP contribution in [0.1, 0.15) is 32.9 Å². The van der Waals surface area contributed by atoms with Crippen LogP contribution in [0.4, 0.5) is 5.82 Å². The van der Waals surface area contributed by atoms with E-state index >= 15 is 0 Å². The highest BCUT2D eigenvalue weighted by Crippen LogP contribution is 2.34. The van der Waals surface area contributed by atoms with Gasteiger partial charge in [0.2, 0.25) is 0 Å². The van der Waals surface area contributed by atoms with Gasteiger partial charge >= 0.3 is 0 Å². The molecular weight excluding hydrogens is 400 g/mol. The molecule has 162 valence electrons. The first-order chi connectivity index (χ1) is 15.6. The van der Waals surface area contributed by atoms with Gasteiger partial charge in [0.05, 0.1) is 16.8 Å². The number of nitrogens with two attached hydrogens (primary N) is 1. The zero-order chi connectivity index (χ0) is 22.1. The third kappa shape index (κ3) is 3.71. The molecule has 2 aromatic carbocycles. The predicted octanol–water partition coefficient (Wildman–Crippen LogP) is 3.33. The van der Waals surface area contributed by atoms with E-state index in [4.69, 9.17) is 15.7 Å². The summed E-state index contributed by atoms with van der Waals surface area (Å²) in [6, 6.07) is 15.9. The molecule has 3 heterocycles. The molecule has 0 spiro atoms. The summed E-state index contributed by atoms with van der Waals surface area (Å²) in [5.41, 5.74) is 12.0. The van der Waals surface area contributed by atoms with Crippen LogP contribution in [0.25, 0.3) is 22.3 Å². The lowest BCUT2D eigenvalue weighted by Gasteiger charge is -2.15. The molecule has 7 heteroatoms. The van der Waals surface area contributed by atoms with Crippen LogP contribution in [0, 0.1) is 6.92 Å². The first-order valence-corrected chi connectivity index (χ1v) is 10.9. The fourth-order valence-electron chi connectivity index (χ4n) is 4.43. The van der Waals surface area contributed by atoms with E-state index in [2.05, 4.69) is 27.8 Å². The van der Waals surface area contributed by atoms with Gasteiger partial charge in [-0.3, -0.25) is 4.79 Å². The van der Waals surface area contributed by atoms with Crippen LogP contribution >= 0.6 is 0 Å². The van der Waals surface area contributed by atoms with Gasteiger partial charge < -0.3 is 21.4 Å². The van der Waals surface area contributed by atoms with Crippen LogP contribution in [0.5, 0.6) is 0 Å². The van der Waals surface area contributed by atoms with E-state index in [9.17, 15) is 4.79 Å². The Balaban J connectivity index is 1.63. The van der Waals surface area contributed by atoms with Gasteiger partial charge in [0.1, 0.15) is 5.82 Å². The SMILES string of the molecule is Cc1[nH]c2c(C(N)=O)cccc2c1-c1nc2c(c(NCc3ccccc3)n1)CCNCC2. The molecule has 0 unspecified atom stereocenters. The van der Waals surface area contributed by atoms with Crippen molar-refractivity contribution in [3.05, 3.63) is 76.6 Å². The molecule has 0 aliphatic carbocycles. The second-order valence-electron chi connectivity index (χ2n) is 8.13. The first kappa shape index (κ1) is 20.2. The minimum atomic E-state index is -0.456. The Morgan fingerprint density at radius 2 is 1.88 bits per heavy atom. The zero-order valence-corrected chi connectivity index (χ0v) is 18.0. The molecule has 0 bridgehead atoms. The van der Waals surface area contributed by atoms with Crippen molar-refractivity contribution in [3.63, 3.8) is 0 Å². The van der Waals surface area contributed by atoms with E-state index in [-0.39, 0.29) is 0 Å². The third-order valence-corrected chi connectivity index (χ3v) is 6.00. The molecule has 5 N–H and O–H groups in total. The summed E-state index contributed by atoms with van der Waals surface area (Å²) in [6.45, 7) is 4.47. The maximum atomic E-state index is 11.9. The number of anilines is 1. The van der Waals surface area contributed by atoms with Crippen molar-refractivity contribution >= 4 is 22.6 Å². The Kier molecular flexibility index (Phi) is 5.33. The van der Waals surface area contributed by atoms with Crippen molar-refractivity contribution in [2.45, 2.75) is 26.3 Å². The Morgan fingerprint density at radius 1 is 1.06 bits per heavy atom. The number of carbonyl (C=O) groups excluding carboxylic acids is 1. The summed E-state index contributed by atoms with van der Waals surface area (Å²) in [7, 11) is 0. The van der Waals surface area contributed by atoms with Gasteiger partial charge in [-0.25, -0.2) is 9.97 Å². The van der Waals surface area contributed by atoms with E-state index < -0.39 is 5.91 Å². The van der Waals surface area contributed by atoms with Crippen molar-refractivity contribution in [3.8, 4) is 11.4 Å². The van der Waals surface area contributed by atoms with Crippen LogP contribution < -0.4 is 16.4 Å². The number of aromatic nitrogens is 3. The second-order valence-corrected chi connectivity index (χ2v) is 8.13. The predicted molar refractivity (Wildman–Crippen MR) is 127 cm³/mol. The third-order valence-electron chi connectivity index (χ3n) is 6.00.